The van der Waals surface area contributed by atoms with E-state index in [9.17, 15) is 16.8 Å². The van der Waals surface area contributed by atoms with Crippen molar-refractivity contribution in [1.82, 2.24) is 18.5 Å². The summed E-state index contributed by atoms with van der Waals surface area (Å²) < 4.78 is 46.4. The third-order valence-electron chi connectivity index (χ3n) is 1.74. The number of rotatable bonds is 4. The summed E-state index contributed by atoms with van der Waals surface area (Å²) >= 11 is 0. The van der Waals surface area contributed by atoms with Crippen LogP contribution in [-0.4, -0.2) is 48.9 Å². The van der Waals surface area contributed by atoms with Crippen molar-refractivity contribution in [2.75, 3.05) is 13.6 Å². The highest BCUT2D eigenvalue weighted by atomic mass is 35.7. The zero-order chi connectivity index (χ0) is 12.6. The molecule has 16 heavy (non-hydrogen) atoms. The average Bonchev–Trinajstić information content (AvgIpc) is 2.64. The molecule has 1 rings (SSSR count). The minimum Gasteiger partial charge on any atom is -0.204 e. The van der Waals surface area contributed by atoms with Gasteiger partial charge < -0.3 is 0 Å². The van der Waals surface area contributed by atoms with Gasteiger partial charge in [-0.3, -0.25) is 0 Å². The average molecular weight is 289 g/mol. The number of hydrogen-bond donors (Lipinski definition) is 0. The second kappa shape index (κ2) is 4.28. The molecule has 0 fully saturated rings. The van der Waals surface area contributed by atoms with Gasteiger partial charge in [0.25, 0.3) is 14.2 Å². The highest BCUT2D eigenvalue weighted by molar-refractivity contribution is 8.13. The van der Waals surface area contributed by atoms with Crippen LogP contribution in [0.25, 0.3) is 0 Å². The molecule has 8 nitrogen and oxygen atoms in total. The first-order valence-corrected chi connectivity index (χ1v) is 7.73. The molecule has 0 N–H and O–H groups in total. The molecule has 92 valence electrons. The summed E-state index contributed by atoms with van der Waals surface area (Å²) in [6.07, 6.45) is 0.775. The van der Waals surface area contributed by atoms with Crippen LogP contribution in [0.3, 0.4) is 0 Å². The van der Waals surface area contributed by atoms with Crippen LogP contribution >= 0.6 is 10.7 Å². The lowest BCUT2D eigenvalue weighted by molar-refractivity contribution is 0.470. The van der Waals surface area contributed by atoms with E-state index in [0.29, 0.717) is 4.09 Å². The molecule has 0 spiro atoms. The highest BCUT2D eigenvalue weighted by Crippen LogP contribution is 2.09. The topological polar surface area (TPSA) is 102 Å². The first-order chi connectivity index (χ1) is 7.19. The van der Waals surface area contributed by atoms with Crippen LogP contribution < -0.4 is 0 Å². The molecule has 0 amide bonds. The molecule has 1 heterocycles. The molecule has 0 aliphatic rings. The van der Waals surface area contributed by atoms with Gasteiger partial charge in [0, 0.05) is 24.3 Å². The molecule has 0 bridgehead atoms. The van der Waals surface area contributed by atoms with Crippen molar-refractivity contribution in [1.29, 1.82) is 0 Å². The van der Waals surface area contributed by atoms with Crippen molar-refractivity contribution in [2.45, 2.75) is 12.1 Å². The van der Waals surface area contributed by atoms with E-state index in [4.69, 9.17) is 10.7 Å². The Kier molecular flexibility index (Phi) is 3.57. The molecule has 1 aromatic heterocycles. The lowest BCUT2D eigenvalue weighted by Crippen LogP contribution is -2.32. The molecule has 0 saturated heterocycles. The fraction of sp³-hybridized carbons (Fsp3) is 0.600. The van der Waals surface area contributed by atoms with E-state index in [1.807, 2.05) is 0 Å². The van der Waals surface area contributed by atoms with Crippen molar-refractivity contribution in [3.63, 3.8) is 0 Å². The van der Waals surface area contributed by atoms with E-state index in [-0.39, 0.29) is 6.54 Å². The molecule has 0 radical (unpaired) electrons. The van der Waals surface area contributed by atoms with Gasteiger partial charge in [-0.05, 0) is 0 Å². The van der Waals surface area contributed by atoms with E-state index >= 15 is 0 Å². The Morgan fingerprint density at radius 1 is 1.44 bits per heavy atom. The van der Waals surface area contributed by atoms with Gasteiger partial charge in [0.15, 0.2) is 0 Å². The molecule has 0 aliphatic heterocycles. The second-order valence-electron chi connectivity index (χ2n) is 2.76. The molecular weight excluding hydrogens is 280 g/mol. The van der Waals surface area contributed by atoms with E-state index in [0.717, 1.165) is 10.6 Å². The van der Waals surface area contributed by atoms with Crippen LogP contribution in [0, 0.1) is 0 Å². The minimum absolute atomic E-state index is 0.213. The predicted molar refractivity (Wildman–Crippen MR) is 55.7 cm³/mol. The first kappa shape index (κ1) is 13.4. The summed E-state index contributed by atoms with van der Waals surface area (Å²) in [6, 6.07) is 0. The fourth-order valence-electron chi connectivity index (χ4n) is 0.764. The minimum atomic E-state index is -4.13. The van der Waals surface area contributed by atoms with Crippen LogP contribution in [-0.2, 0) is 19.3 Å². The Labute approximate surface area is 97.4 Å². The largest absolute Gasteiger partial charge is 0.324 e. The summed E-state index contributed by atoms with van der Waals surface area (Å²) in [5, 5.41) is 2.53. The molecule has 0 aliphatic carbocycles. The number of halogens is 1. The summed E-state index contributed by atoms with van der Waals surface area (Å²) in [5.74, 6) is 0. The van der Waals surface area contributed by atoms with Crippen LogP contribution in [0.4, 0.5) is 0 Å². The maximum atomic E-state index is 11.7. The second-order valence-corrected chi connectivity index (χ2v) is 7.11. The third kappa shape index (κ3) is 2.51. The summed E-state index contributed by atoms with van der Waals surface area (Å²) in [5.41, 5.74) is 0. The maximum Gasteiger partial charge on any atom is 0.324 e. The van der Waals surface area contributed by atoms with Crippen molar-refractivity contribution in [2.24, 2.45) is 0 Å². The van der Waals surface area contributed by atoms with Crippen LogP contribution in [0.1, 0.15) is 6.92 Å². The van der Waals surface area contributed by atoms with Crippen LogP contribution in [0.2, 0.25) is 0 Å². The quantitative estimate of drug-likeness (QED) is 0.676. The van der Waals surface area contributed by atoms with Crippen molar-refractivity contribution >= 4 is 29.9 Å². The van der Waals surface area contributed by atoms with E-state index in [1.165, 1.54) is 7.05 Å². The Morgan fingerprint density at radius 3 is 2.38 bits per heavy atom. The molecule has 0 unspecified atom stereocenters. The monoisotopic (exact) mass is 288 g/mol. The van der Waals surface area contributed by atoms with Gasteiger partial charge in [-0.15, -0.1) is 9.19 Å². The van der Waals surface area contributed by atoms with Gasteiger partial charge >= 0.3 is 10.2 Å². The Balaban J connectivity index is 3.23. The smallest absolute Gasteiger partial charge is 0.204 e. The van der Waals surface area contributed by atoms with Gasteiger partial charge in [-0.1, -0.05) is 6.92 Å². The fourth-order valence-corrected chi connectivity index (χ4v) is 2.34. The summed E-state index contributed by atoms with van der Waals surface area (Å²) in [4.78, 5) is 3.30. The molecule has 0 atom stereocenters. The van der Waals surface area contributed by atoms with Crippen molar-refractivity contribution < 1.29 is 16.8 Å². The maximum absolute atomic E-state index is 11.7. The van der Waals surface area contributed by atoms with Gasteiger partial charge in [-0.25, -0.2) is 13.4 Å². The summed E-state index contributed by atoms with van der Waals surface area (Å²) in [6.45, 7) is 1.83. The number of aromatic nitrogens is 3. The zero-order valence-electron chi connectivity index (χ0n) is 8.40. The molecule has 0 saturated carbocycles. The summed E-state index contributed by atoms with van der Waals surface area (Å²) in [7, 11) is -1.72. The SMILES string of the molecule is CCN(C)S(=O)(=O)n1cnc(S(=O)(=O)Cl)n1. The number of nitrogens with zero attached hydrogens (tertiary/aromatic N) is 4. The first-order valence-electron chi connectivity index (χ1n) is 4.02. The molecule has 0 aromatic carbocycles. The van der Waals surface area contributed by atoms with Gasteiger partial charge in [0.1, 0.15) is 6.33 Å². The molecule has 1 aromatic rings. The predicted octanol–water partition coefficient (Wildman–Crippen LogP) is -0.750. The molecule has 11 heteroatoms. The Bertz CT molecular complexity index is 577. The third-order valence-corrected chi connectivity index (χ3v) is 4.48. The van der Waals surface area contributed by atoms with Crippen molar-refractivity contribution in [3.05, 3.63) is 6.33 Å². The molecular formula is C5H9ClN4O4S2. The number of hydrogen-bond acceptors (Lipinski definition) is 6. The van der Waals surface area contributed by atoms with E-state index in [1.54, 1.807) is 6.92 Å². The van der Waals surface area contributed by atoms with Crippen molar-refractivity contribution in [3.8, 4) is 0 Å². The zero-order valence-corrected chi connectivity index (χ0v) is 10.8. The van der Waals surface area contributed by atoms with Gasteiger partial charge in [0.05, 0.1) is 0 Å². The lowest BCUT2D eigenvalue weighted by Gasteiger charge is -2.13. The van der Waals surface area contributed by atoms with E-state index in [2.05, 4.69) is 10.1 Å². The van der Waals surface area contributed by atoms with Crippen LogP contribution in [0.5, 0.6) is 0 Å². The Hall–Kier alpha value is -0.710. The lowest BCUT2D eigenvalue weighted by atomic mass is 10.8. The van der Waals surface area contributed by atoms with Gasteiger partial charge in [-0.2, -0.15) is 12.7 Å². The normalized spacial score (nSPS) is 13.2. The van der Waals surface area contributed by atoms with E-state index < -0.39 is 24.4 Å². The Morgan fingerprint density at radius 2 is 2.00 bits per heavy atom. The standard InChI is InChI=1S/C5H9ClN4O4S2/c1-3-9(2)16(13,14)10-4-7-5(8-10)15(6,11)12/h4H,3H2,1-2H3. The van der Waals surface area contributed by atoms with Crippen LogP contribution in [0.15, 0.2) is 11.5 Å². The highest BCUT2D eigenvalue weighted by Gasteiger charge is 2.24. The van der Waals surface area contributed by atoms with Gasteiger partial charge in [0.2, 0.25) is 0 Å².